The molecule has 0 heterocycles. The molecule has 2 aromatic rings. The van der Waals surface area contributed by atoms with Gasteiger partial charge in [-0.05, 0) is 54.5 Å². The number of halogens is 3. The summed E-state index contributed by atoms with van der Waals surface area (Å²) >= 11 is 1.50. The van der Waals surface area contributed by atoms with Crippen molar-refractivity contribution in [2.24, 2.45) is 0 Å². The Morgan fingerprint density at radius 1 is 1.11 bits per heavy atom. The Hall–Kier alpha value is -2.48. The van der Waals surface area contributed by atoms with E-state index in [4.69, 9.17) is 0 Å². The summed E-state index contributed by atoms with van der Waals surface area (Å²) in [5.41, 5.74) is 0.0588. The van der Waals surface area contributed by atoms with Gasteiger partial charge >= 0.3 is 6.18 Å². The van der Waals surface area contributed by atoms with Crippen molar-refractivity contribution in [2.75, 3.05) is 11.6 Å². The number of amides is 1. The molecule has 1 atom stereocenters. The minimum absolute atomic E-state index is 0.192. The van der Waals surface area contributed by atoms with Gasteiger partial charge in [-0.2, -0.15) is 13.2 Å². The molecular formula is C19H17F3NO3S-. The lowest BCUT2D eigenvalue weighted by Gasteiger charge is -2.18. The van der Waals surface area contributed by atoms with Crippen molar-refractivity contribution in [3.8, 4) is 0 Å². The maximum absolute atomic E-state index is 12.7. The summed E-state index contributed by atoms with van der Waals surface area (Å²) in [5, 5.41) is 13.7. The van der Waals surface area contributed by atoms with E-state index in [0.29, 0.717) is 11.3 Å². The van der Waals surface area contributed by atoms with E-state index in [1.54, 1.807) is 18.2 Å². The first-order chi connectivity index (χ1) is 12.7. The summed E-state index contributed by atoms with van der Waals surface area (Å²) in [6, 6.07) is 11.3. The fraction of sp³-hybridized carbons (Fsp3) is 0.263. The lowest BCUT2D eigenvalue weighted by atomic mass is 9.91. The van der Waals surface area contributed by atoms with Crippen LogP contribution in [-0.2, 0) is 15.8 Å². The molecule has 1 N–H and O–H groups in total. The highest BCUT2D eigenvalue weighted by atomic mass is 32.2. The van der Waals surface area contributed by atoms with Crippen molar-refractivity contribution in [1.82, 2.24) is 0 Å². The number of aliphatic carboxylic acids is 1. The van der Waals surface area contributed by atoms with Crippen molar-refractivity contribution in [1.29, 1.82) is 0 Å². The smallest absolute Gasteiger partial charge is 0.416 e. The molecule has 4 nitrogen and oxygen atoms in total. The fourth-order valence-corrected chi connectivity index (χ4v) is 3.05. The zero-order valence-corrected chi connectivity index (χ0v) is 15.2. The molecule has 0 aliphatic rings. The third kappa shape index (κ3) is 6.32. The summed E-state index contributed by atoms with van der Waals surface area (Å²) in [7, 11) is 0. The molecular weight excluding hydrogens is 379 g/mol. The molecule has 144 valence electrons. The van der Waals surface area contributed by atoms with Gasteiger partial charge in [0.2, 0.25) is 5.91 Å². The van der Waals surface area contributed by atoms with Crippen LogP contribution in [0, 0.1) is 0 Å². The van der Waals surface area contributed by atoms with Gasteiger partial charge in [-0.1, -0.05) is 18.2 Å². The average molecular weight is 396 g/mol. The van der Waals surface area contributed by atoms with Crippen LogP contribution < -0.4 is 10.4 Å². The summed E-state index contributed by atoms with van der Waals surface area (Å²) in [5.74, 6) is -2.60. The maximum Gasteiger partial charge on any atom is 0.416 e. The number of carboxylic acids is 1. The van der Waals surface area contributed by atoms with E-state index < -0.39 is 36.0 Å². The van der Waals surface area contributed by atoms with Crippen LogP contribution in [0.1, 0.15) is 29.9 Å². The van der Waals surface area contributed by atoms with Crippen LogP contribution in [0.25, 0.3) is 0 Å². The second-order valence-electron chi connectivity index (χ2n) is 5.88. The van der Waals surface area contributed by atoms with Crippen LogP contribution >= 0.6 is 11.8 Å². The van der Waals surface area contributed by atoms with Crippen molar-refractivity contribution in [3.63, 3.8) is 0 Å². The first-order valence-corrected chi connectivity index (χ1v) is 9.22. The quantitative estimate of drug-likeness (QED) is 0.725. The van der Waals surface area contributed by atoms with Crippen LogP contribution in [0.4, 0.5) is 18.9 Å². The number of carbonyl (C=O) groups excluding carboxylic acids is 2. The second kappa shape index (κ2) is 8.94. The van der Waals surface area contributed by atoms with Gasteiger partial charge in [-0.3, -0.25) is 4.79 Å². The Bertz CT molecular complexity index is 807. The number of alkyl halides is 3. The lowest BCUT2D eigenvalue weighted by Crippen LogP contribution is -2.26. The minimum atomic E-state index is -4.48. The SMILES string of the molecule is CSc1cccc(NC(=O)C[C@H](CC(=O)[O-])c2ccc(C(F)(F)F)cc2)c1. The molecule has 0 fully saturated rings. The molecule has 0 unspecified atom stereocenters. The zero-order valence-electron chi connectivity index (χ0n) is 14.4. The van der Waals surface area contributed by atoms with Gasteiger partial charge < -0.3 is 15.2 Å². The molecule has 2 rings (SSSR count). The predicted molar refractivity (Wildman–Crippen MR) is 95.3 cm³/mol. The molecule has 2 aromatic carbocycles. The van der Waals surface area contributed by atoms with E-state index in [0.717, 1.165) is 17.0 Å². The fourth-order valence-electron chi connectivity index (χ4n) is 2.59. The van der Waals surface area contributed by atoms with Crippen LogP contribution in [0.3, 0.4) is 0 Å². The van der Waals surface area contributed by atoms with Crippen LogP contribution in [0.2, 0.25) is 0 Å². The summed E-state index contributed by atoms with van der Waals surface area (Å²) < 4.78 is 38.0. The van der Waals surface area contributed by atoms with Gasteiger partial charge in [-0.15, -0.1) is 11.8 Å². The number of carboxylic acid groups (broad SMARTS) is 1. The van der Waals surface area contributed by atoms with Gasteiger partial charge in [0, 0.05) is 23.0 Å². The average Bonchev–Trinajstić information content (AvgIpc) is 2.60. The Kier molecular flexibility index (Phi) is 6.90. The van der Waals surface area contributed by atoms with Crippen molar-refractivity contribution >= 4 is 29.3 Å². The third-order valence-electron chi connectivity index (χ3n) is 3.91. The number of rotatable bonds is 7. The Morgan fingerprint density at radius 2 is 1.78 bits per heavy atom. The number of hydrogen-bond acceptors (Lipinski definition) is 4. The molecule has 0 aliphatic heterocycles. The predicted octanol–water partition coefficient (Wildman–Crippen LogP) is 3.68. The molecule has 1 amide bonds. The number of anilines is 1. The summed E-state index contributed by atoms with van der Waals surface area (Å²) in [6.07, 6.45) is -3.25. The van der Waals surface area contributed by atoms with E-state index >= 15 is 0 Å². The lowest BCUT2D eigenvalue weighted by molar-refractivity contribution is -0.306. The molecule has 0 aliphatic carbocycles. The Labute approximate surface area is 158 Å². The maximum atomic E-state index is 12.7. The number of carbonyl (C=O) groups is 2. The monoisotopic (exact) mass is 396 g/mol. The zero-order chi connectivity index (χ0) is 20.0. The Morgan fingerprint density at radius 3 is 2.33 bits per heavy atom. The molecule has 0 spiro atoms. The molecule has 27 heavy (non-hydrogen) atoms. The van der Waals surface area contributed by atoms with Crippen molar-refractivity contribution in [3.05, 3.63) is 59.7 Å². The third-order valence-corrected chi connectivity index (χ3v) is 4.63. The standard InChI is InChI=1S/C19H18F3NO3S/c1-27-16-4-2-3-15(11-16)23-17(24)9-13(10-18(25)26)12-5-7-14(8-6-12)19(20,21)22/h2-8,11,13H,9-10H2,1H3,(H,23,24)(H,25,26)/p-1/t13-/m1/s1. The van der Waals surface area contributed by atoms with E-state index in [-0.39, 0.29) is 6.42 Å². The Balaban J connectivity index is 2.13. The molecule has 0 bridgehead atoms. The van der Waals surface area contributed by atoms with E-state index in [9.17, 15) is 27.9 Å². The minimum Gasteiger partial charge on any atom is -0.550 e. The molecule has 0 saturated carbocycles. The number of hydrogen-bond donors (Lipinski definition) is 1. The molecule has 0 saturated heterocycles. The van der Waals surface area contributed by atoms with E-state index in [1.807, 2.05) is 12.3 Å². The first-order valence-electron chi connectivity index (χ1n) is 8.00. The highest BCUT2D eigenvalue weighted by molar-refractivity contribution is 7.98. The molecule has 8 heteroatoms. The number of nitrogens with one attached hydrogen (secondary N) is 1. The largest absolute Gasteiger partial charge is 0.550 e. The summed E-state index contributed by atoms with van der Waals surface area (Å²) in [4.78, 5) is 24.2. The van der Waals surface area contributed by atoms with Crippen molar-refractivity contribution in [2.45, 2.75) is 29.8 Å². The second-order valence-corrected chi connectivity index (χ2v) is 6.76. The summed E-state index contributed by atoms with van der Waals surface area (Å²) in [6.45, 7) is 0. The highest BCUT2D eigenvalue weighted by Gasteiger charge is 2.30. The van der Waals surface area contributed by atoms with Gasteiger partial charge in [0.25, 0.3) is 0 Å². The van der Waals surface area contributed by atoms with Gasteiger partial charge in [0.1, 0.15) is 0 Å². The molecule has 0 radical (unpaired) electrons. The van der Waals surface area contributed by atoms with Crippen LogP contribution in [-0.4, -0.2) is 18.1 Å². The van der Waals surface area contributed by atoms with E-state index in [2.05, 4.69) is 5.32 Å². The van der Waals surface area contributed by atoms with Gasteiger partial charge in [-0.25, -0.2) is 0 Å². The van der Waals surface area contributed by atoms with Gasteiger partial charge in [0.15, 0.2) is 0 Å². The van der Waals surface area contributed by atoms with Crippen LogP contribution in [0.15, 0.2) is 53.4 Å². The number of thioether (sulfide) groups is 1. The topological polar surface area (TPSA) is 69.2 Å². The van der Waals surface area contributed by atoms with Crippen molar-refractivity contribution < 1.29 is 27.9 Å². The highest BCUT2D eigenvalue weighted by Crippen LogP contribution is 2.31. The van der Waals surface area contributed by atoms with Gasteiger partial charge in [0.05, 0.1) is 5.56 Å². The molecule has 0 aromatic heterocycles. The van der Waals surface area contributed by atoms with Crippen LogP contribution in [0.5, 0.6) is 0 Å². The number of benzene rings is 2. The van der Waals surface area contributed by atoms with E-state index in [1.165, 1.54) is 23.9 Å². The first kappa shape index (κ1) is 20.8. The normalized spacial score (nSPS) is 12.4.